The van der Waals surface area contributed by atoms with Crippen molar-refractivity contribution >= 4 is 28.1 Å². The minimum atomic E-state index is -3.55. The molecule has 0 bridgehead atoms. The number of hydrogen-bond acceptors (Lipinski definition) is 5. The van der Waals surface area contributed by atoms with E-state index < -0.39 is 14.9 Å². The van der Waals surface area contributed by atoms with Gasteiger partial charge < -0.3 is 5.32 Å². The average Bonchev–Trinajstić information content (AvgIpc) is 2.88. The van der Waals surface area contributed by atoms with Crippen molar-refractivity contribution in [2.24, 2.45) is 0 Å². The van der Waals surface area contributed by atoms with E-state index in [-0.39, 0.29) is 29.0 Å². The van der Waals surface area contributed by atoms with Crippen molar-refractivity contribution in [3.8, 4) is 0 Å². The normalized spacial score (nSPS) is 19.6. The summed E-state index contributed by atoms with van der Waals surface area (Å²) < 4.78 is 26.0. The number of halogens is 1. The van der Waals surface area contributed by atoms with Crippen LogP contribution in [0.4, 0.5) is 5.69 Å². The van der Waals surface area contributed by atoms with E-state index in [1.54, 1.807) is 7.05 Å². The van der Waals surface area contributed by atoms with Crippen LogP contribution in [0.2, 0.25) is 0 Å². The molecule has 1 aliphatic rings. The molecule has 1 aromatic rings. The van der Waals surface area contributed by atoms with E-state index in [2.05, 4.69) is 5.32 Å². The Morgan fingerprint density at radius 1 is 1.35 bits per heavy atom. The van der Waals surface area contributed by atoms with E-state index >= 15 is 0 Å². The molecule has 1 atom stereocenters. The molecule has 1 fully saturated rings. The van der Waals surface area contributed by atoms with Crippen LogP contribution >= 0.6 is 12.4 Å². The zero-order chi connectivity index (χ0) is 14.0. The fraction of sp³-hybridized carbons (Fsp3) is 0.455. The van der Waals surface area contributed by atoms with Gasteiger partial charge >= 0.3 is 0 Å². The van der Waals surface area contributed by atoms with Gasteiger partial charge in [-0.05, 0) is 25.6 Å². The van der Waals surface area contributed by atoms with E-state index in [4.69, 9.17) is 0 Å². The number of hydrogen-bond donors (Lipinski definition) is 1. The minimum absolute atomic E-state index is 0. The number of benzene rings is 1. The summed E-state index contributed by atoms with van der Waals surface area (Å²) in [5.74, 6) is 0. The first-order chi connectivity index (χ1) is 8.95. The predicted molar refractivity (Wildman–Crippen MR) is 76.6 cm³/mol. The number of nitrogens with zero attached hydrogens (tertiary/aromatic N) is 2. The second-order valence-electron chi connectivity index (χ2n) is 4.39. The summed E-state index contributed by atoms with van der Waals surface area (Å²) in [6.45, 7) is 0.890. The molecule has 0 amide bonds. The van der Waals surface area contributed by atoms with Gasteiger partial charge in [0.2, 0.25) is 10.0 Å². The van der Waals surface area contributed by atoms with Crippen LogP contribution in [-0.2, 0) is 10.0 Å². The third-order valence-corrected chi connectivity index (χ3v) is 5.12. The maximum atomic E-state index is 12.3. The molecule has 0 aliphatic carbocycles. The summed E-state index contributed by atoms with van der Waals surface area (Å²) in [6.07, 6.45) is 0.767. The fourth-order valence-electron chi connectivity index (χ4n) is 2.07. The molecule has 7 nitrogen and oxygen atoms in total. The van der Waals surface area contributed by atoms with Crippen molar-refractivity contribution in [2.45, 2.75) is 17.4 Å². The first kappa shape index (κ1) is 16.8. The zero-order valence-corrected chi connectivity index (χ0v) is 12.5. The van der Waals surface area contributed by atoms with Crippen molar-refractivity contribution in [1.29, 1.82) is 0 Å². The smallest absolute Gasteiger partial charge is 0.269 e. The quantitative estimate of drug-likeness (QED) is 0.659. The lowest BCUT2D eigenvalue weighted by molar-refractivity contribution is -0.384. The molecule has 1 heterocycles. The number of nitro groups is 1. The molecule has 0 spiro atoms. The Bertz CT molecular complexity index is 576. The van der Waals surface area contributed by atoms with Gasteiger partial charge in [-0.2, -0.15) is 4.31 Å². The Morgan fingerprint density at radius 3 is 2.40 bits per heavy atom. The van der Waals surface area contributed by atoms with E-state index in [0.29, 0.717) is 13.1 Å². The van der Waals surface area contributed by atoms with E-state index in [9.17, 15) is 18.5 Å². The van der Waals surface area contributed by atoms with E-state index in [1.165, 1.54) is 28.6 Å². The van der Waals surface area contributed by atoms with Gasteiger partial charge in [0.05, 0.1) is 9.82 Å². The summed E-state index contributed by atoms with van der Waals surface area (Å²) >= 11 is 0. The second kappa shape index (κ2) is 6.49. The first-order valence-electron chi connectivity index (χ1n) is 5.87. The van der Waals surface area contributed by atoms with Crippen LogP contribution in [0.3, 0.4) is 0 Å². The monoisotopic (exact) mass is 321 g/mol. The number of nitro benzene ring substituents is 1. The summed E-state index contributed by atoms with van der Waals surface area (Å²) in [5, 5.41) is 13.6. The van der Waals surface area contributed by atoms with Crippen molar-refractivity contribution < 1.29 is 13.3 Å². The van der Waals surface area contributed by atoms with Crippen LogP contribution in [0.25, 0.3) is 0 Å². The van der Waals surface area contributed by atoms with E-state index in [0.717, 1.165) is 6.42 Å². The van der Waals surface area contributed by atoms with Gasteiger partial charge in [-0.25, -0.2) is 8.42 Å². The maximum absolute atomic E-state index is 12.3. The largest absolute Gasteiger partial charge is 0.316 e. The maximum Gasteiger partial charge on any atom is 0.269 e. The summed E-state index contributed by atoms with van der Waals surface area (Å²) in [5.41, 5.74) is -0.117. The van der Waals surface area contributed by atoms with Crippen LogP contribution in [0.1, 0.15) is 6.42 Å². The lowest BCUT2D eigenvalue weighted by Gasteiger charge is -2.16. The summed E-state index contributed by atoms with van der Waals surface area (Å²) in [6, 6.07) is 5.13. The Kier molecular flexibility index (Phi) is 5.46. The molecule has 2 rings (SSSR count). The highest BCUT2D eigenvalue weighted by Crippen LogP contribution is 2.22. The van der Waals surface area contributed by atoms with Gasteiger partial charge in [0.25, 0.3) is 5.69 Å². The van der Waals surface area contributed by atoms with Gasteiger partial charge in [-0.15, -0.1) is 12.4 Å². The minimum Gasteiger partial charge on any atom is -0.316 e. The summed E-state index contributed by atoms with van der Waals surface area (Å²) in [4.78, 5) is 10.1. The molecule has 9 heteroatoms. The van der Waals surface area contributed by atoms with Crippen LogP contribution in [0.15, 0.2) is 29.2 Å². The molecule has 1 aromatic carbocycles. The molecule has 0 aromatic heterocycles. The number of likely N-dealkylation sites (N-methyl/N-ethyl adjacent to an activating group) is 1. The Morgan fingerprint density at radius 2 is 1.95 bits per heavy atom. The number of non-ortho nitro benzene ring substituents is 1. The van der Waals surface area contributed by atoms with Crippen LogP contribution in [0, 0.1) is 10.1 Å². The van der Waals surface area contributed by atoms with Gasteiger partial charge in [0.1, 0.15) is 0 Å². The Hall–Kier alpha value is -1.22. The molecule has 1 N–H and O–H groups in total. The van der Waals surface area contributed by atoms with E-state index in [1.807, 2.05) is 0 Å². The molecular weight excluding hydrogens is 306 g/mol. The van der Waals surface area contributed by atoms with Crippen LogP contribution in [-0.4, -0.2) is 43.8 Å². The molecule has 112 valence electrons. The standard InChI is InChI=1S/C11H15N3O4S.ClH/c1-12-9-6-7-13(8-9)19(17,18)11-4-2-10(3-5-11)14(15)16;/h2-5,9,12H,6-8H2,1H3;1H. The topological polar surface area (TPSA) is 92.6 Å². The highest BCUT2D eigenvalue weighted by Gasteiger charge is 2.31. The van der Waals surface area contributed by atoms with Crippen molar-refractivity contribution in [3.05, 3.63) is 34.4 Å². The SMILES string of the molecule is CNC1CCN(S(=O)(=O)c2ccc([N+](=O)[O-])cc2)C1.Cl. The van der Waals surface area contributed by atoms with Crippen molar-refractivity contribution in [2.75, 3.05) is 20.1 Å². The molecule has 0 radical (unpaired) electrons. The van der Waals surface area contributed by atoms with Crippen molar-refractivity contribution in [1.82, 2.24) is 9.62 Å². The second-order valence-corrected chi connectivity index (χ2v) is 6.33. The van der Waals surface area contributed by atoms with Gasteiger partial charge in [0, 0.05) is 31.3 Å². The van der Waals surface area contributed by atoms with Gasteiger partial charge in [-0.1, -0.05) is 0 Å². The predicted octanol–water partition coefficient (Wildman–Crippen LogP) is 0.999. The fourth-order valence-corrected chi connectivity index (χ4v) is 3.57. The Balaban J connectivity index is 0.00000200. The molecule has 1 saturated heterocycles. The molecule has 1 unspecified atom stereocenters. The lowest BCUT2D eigenvalue weighted by Crippen LogP contribution is -2.33. The van der Waals surface area contributed by atoms with Crippen LogP contribution < -0.4 is 5.32 Å². The van der Waals surface area contributed by atoms with Crippen LogP contribution in [0.5, 0.6) is 0 Å². The molecule has 1 aliphatic heterocycles. The first-order valence-corrected chi connectivity index (χ1v) is 7.31. The Labute approximate surface area is 123 Å². The lowest BCUT2D eigenvalue weighted by atomic mass is 10.3. The third kappa shape index (κ3) is 3.26. The molecule has 20 heavy (non-hydrogen) atoms. The highest BCUT2D eigenvalue weighted by molar-refractivity contribution is 7.89. The molecular formula is C11H16ClN3O4S. The average molecular weight is 322 g/mol. The number of nitrogens with one attached hydrogen (secondary N) is 1. The highest BCUT2D eigenvalue weighted by atomic mass is 35.5. The number of sulfonamides is 1. The van der Waals surface area contributed by atoms with Gasteiger partial charge in [0.15, 0.2) is 0 Å². The zero-order valence-electron chi connectivity index (χ0n) is 10.9. The van der Waals surface area contributed by atoms with Crippen molar-refractivity contribution in [3.63, 3.8) is 0 Å². The van der Waals surface area contributed by atoms with Gasteiger partial charge in [-0.3, -0.25) is 10.1 Å². The third-order valence-electron chi connectivity index (χ3n) is 3.24. The molecule has 0 saturated carbocycles. The number of rotatable bonds is 4. The summed E-state index contributed by atoms with van der Waals surface area (Å²) in [7, 11) is -1.76.